The average Bonchev–Trinajstić information content (AvgIpc) is 2.15. The third kappa shape index (κ3) is 12.4. The molecule has 0 heterocycles. The van der Waals surface area contributed by atoms with Gasteiger partial charge < -0.3 is 0 Å². The zero-order valence-corrected chi connectivity index (χ0v) is 14.6. The van der Waals surface area contributed by atoms with Crippen molar-refractivity contribution in [2.45, 2.75) is 57.1 Å². The van der Waals surface area contributed by atoms with Gasteiger partial charge in [0.25, 0.3) is 0 Å². The van der Waals surface area contributed by atoms with E-state index in [1.54, 1.807) is 0 Å². The summed E-state index contributed by atoms with van der Waals surface area (Å²) < 4.78 is 0.303. The second kappa shape index (κ2) is 10.1. The molecule has 0 fully saturated rings. The summed E-state index contributed by atoms with van der Waals surface area (Å²) in [6.45, 7) is 8.73. The van der Waals surface area contributed by atoms with E-state index in [0.717, 1.165) is 12.8 Å². The number of hydrogen-bond donors (Lipinski definition) is 0. The molecule has 2 heteroatoms. The molecule has 0 amide bonds. The number of halogens is 2. The Morgan fingerprint density at radius 1 is 0.882 bits per heavy atom. The summed E-state index contributed by atoms with van der Waals surface area (Å²) in [5.41, 5.74) is 4.35. The average molecular weight is 364 g/mol. The van der Waals surface area contributed by atoms with Gasteiger partial charge in [-0.05, 0) is 53.4 Å². The first kappa shape index (κ1) is 17.2. The Hall–Kier alpha value is 0.180. The molecule has 0 atom stereocenters. The first-order valence-electron chi connectivity index (χ1n) is 6.16. The minimum Gasteiger partial charge on any atom is -0.0856 e. The topological polar surface area (TPSA) is 0 Å². The summed E-state index contributed by atoms with van der Waals surface area (Å²) in [7, 11) is 0. The zero-order chi connectivity index (χ0) is 13.3. The van der Waals surface area contributed by atoms with Crippen molar-refractivity contribution in [3.8, 4) is 0 Å². The molecule has 0 saturated heterocycles. The van der Waals surface area contributed by atoms with Crippen molar-refractivity contribution in [2.75, 3.05) is 0 Å². The zero-order valence-electron chi connectivity index (χ0n) is 11.4. The van der Waals surface area contributed by atoms with E-state index in [9.17, 15) is 0 Å². The van der Waals surface area contributed by atoms with Gasteiger partial charge in [-0.15, -0.1) is 0 Å². The quantitative estimate of drug-likeness (QED) is 0.356. The van der Waals surface area contributed by atoms with E-state index in [4.69, 9.17) is 0 Å². The maximum atomic E-state index is 3.46. The summed E-state index contributed by atoms with van der Waals surface area (Å²) in [4.78, 5) is 0. The Bertz CT molecular complexity index is 292. The normalized spacial score (nSPS) is 13.1. The van der Waals surface area contributed by atoms with E-state index in [0.29, 0.717) is 3.74 Å². The Kier molecular flexibility index (Phi) is 10.2. The maximum absolute atomic E-state index is 3.46. The van der Waals surface area contributed by atoms with Crippen molar-refractivity contribution in [1.82, 2.24) is 0 Å². The Labute approximate surface area is 124 Å². The number of alkyl halides is 2. The lowest BCUT2D eigenvalue weighted by atomic mass is 10.1. The monoisotopic (exact) mass is 362 g/mol. The van der Waals surface area contributed by atoms with Gasteiger partial charge in [-0.3, -0.25) is 0 Å². The standard InChI is InChI=1S/C15H24Br2/c1-12(2)7-5-8-13(3)9-6-10-14(4)11-15(16)17/h7,9,11,15H,5-6,8,10H2,1-4H3/b13-9+,14-11+. The molecule has 0 aromatic carbocycles. The molecule has 0 aromatic rings. The summed E-state index contributed by atoms with van der Waals surface area (Å²) in [6.07, 6.45) is 11.5. The van der Waals surface area contributed by atoms with Crippen LogP contribution in [-0.2, 0) is 0 Å². The van der Waals surface area contributed by atoms with E-state index in [2.05, 4.69) is 77.8 Å². The molecule has 0 unspecified atom stereocenters. The van der Waals surface area contributed by atoms with Crippen LogP contribution >= 0.6 is 31.9 Å². The van der Waals surface area contributed by atoms with Crippen LogP contribution in [0.1, 0.15) is 53.4 Å². The summed E-state index contributed by atoms with van der Waals surface area (Å²) in [6, 6.07) is 0. The minimum atomic E-state index is 0.303. The summed E-state index contributed by atoms with van der Waals surface area (Å²) >= 11 is 6.92. The van der Waals surface area contributed by atoms with Gasteiger partial charge in [0.05, 0.1) is 3.74 Å². The molecule has 98 valence electrons. The predicted molar refractivity (Wildman–Crippen MR) is 87.1 cm³/mol. The van der Waals surface area contributed by atoms with Crippen LogP contribution in [0.4, 0.5) is 0 Å². The molecule has 0 aliphatic rings. The van der Waals surface area contributed by atoms with Crippen LogP contribution in [0.5, 0.6) is 0 Å². The number of hydrogen-bond acceptors (Lipinski definition) is 0. The highest BCUT2D eigenvalue weighted by Gasteiger charge is 1.95. The van der Waals surface area contributed by atoms with Crippen LogP contribution in [0.2, 0.25) is 0 Å². The molecule has 0 radical (unpaired) electrons. The van der Waals surface area contributed by atoms with Gasteiger partial charge in [0.1, 0.15) is 0 Å². The van der Waals surface area contributed by atoms with Crippen LogP contribution in [-0.4, -0.2) is 3.74 Å². The highest BCUT2D eigenvalue weighted by atomic mass is 79.9. The van der Waals surface area contributed by atoms with E-state index < -0.39 is 0 Å². The molecule has 0 N–H and O–H groups in total. The van der Waals surface area contributed by atoms with Gasteiger partial charge >= 0.3 is 0 Å². The summed E-state index contributed by atoms with van der Waals surface area (Å²) in [5, 5.41) is 0. The molecule has 0 nitrogen and oxygen atoms in total. The van der Waals surface area contributed by atoms with Gasteiger partial charge in [-0.1, -0.05) is 66.8 Å². The molecule has 17 heavy (non-hydrogen) atoms. The molecular formula is C15H24Br2. The SMILES string of the molecule is CC(C)=CCC/C(C)=C/CC/C(C)=C/C(Br)Br. The lowest BCUT2D eigenvalue weighted by Crippen LogP contribution is -1.83. The fourth-order valence-corrected chi connectivity index (χ4v) is 2.44. The lowest BCUT2D eigenvalue weighted by Gasteiger charge is -2.02. The molecule has 0 bridgehead atoms. The highest BCUT2D eigenvalue weighted by molar-refractivity contribution is 9.24. The third-order valence-corrected chi connectivity index (χ3v) is 3.06. The summed E-state index contributed by atoms with van der Waals surface area (Å²) in [5.74, 6) is 0. The fourth-order valence-electron chi connectivity index (χ4n) is 1.54. The predicted octanol–water partition coefficient (Wildman–Crippen LogP) is 6.52. The maximum Gasteiger partial charge on any atom is 0.0880 e. The van der Waals surface area contributed by atoms with Gasteiger partial charge in [0.2, 0.25) is 0 Å². The Morgan fingerprint density at radius 3 is 1.94 bits per heavy atom. The van der Waals surface area contributed by atoms with Gasteiger partial charge in [0, 0.05) is 0 Å². The number of rotatable bonds is 7. The van der Waals surface area contributed by atoms with Crippen molar-refractivity contribution in [1.29, 1.82) is 0 Å². The molecule has 0 aliphatic carbocycles. The highest BCUT2D eigenvalue weighted by Crippen LogP contribution is 2.16. The smallest absolute Gasteiger partial charge is 0.0856 e. The van der Waals surface area contributed by atoms with Crippen molar-refractivity contribution >= 4 is 31.9 Å². The lowest BCUT2D eigenvalue weighted by molar-refractivity contribution is 0.917. The van der Waals surface area contributed by atoms with Crippen molar-refractivity contribution < 1.29 is 0 Å². The van der Waals surface area contributed by atoms with Crippen molar-refractivity contribution in [3.05, 3.63) is 34.9 Å². The van der Waals surface area contributed by atoms with Crippen LogP contribution in [0.3, 0.4) is 0 Å². The van der Waals surface area contributed by atoms with E-state index in [1.807, 2.05) is 0 Å². The fraction of sp³-hybridized carbons (Fsp3) is 0.600. The van der Waals surface area contributed by atoms with E-state index >= 15 is 0 Å². The second-order valence-corrected chi connectivity index (χ2v) is 7.96. The Morgan fingerprint density at radius 2 is 1.41 bits per heavy atom. The molecule has 0 rings (SSSR count). The van der Waals surface area contributed by atoms with Gasteiger partial charge in [-0.2, -0.15) is 0 Å². The molecular weight excluding hydrogens is 340 g/mol. The van der Waals surface area contributed by atoms with Crippen LogP contribution in [0.15, 0.2) is 34.9 Å². The van der Waals surface area contributed by atoms with Crippen LogP contribution < -0.4 is 0 Å². The van der Waals surface area contributed by atoms with Crippen molar-refractivity contribution in [2.24, 2.45) is 0 Å². The largest absolute Gasteiger partial charge is 0.0880 e. The second-order valence-electron chi connectivity index (χ2n) is 4.76. The molecule has 0 aliphatic heterocycles. The van der Waals surface area contributed by atoms with Crippen LogP contribution in [0.25, 0.3) is 0 Å². The minimum absolute atomic E-state index is 0.303. The first-order chi connectivity index (χ1) is 7.91. The molecule has 0 spiro atoms. The van der Waals surface area contributed by atoms with Gasteiger partial charge in [0.15, 0.2) is 0 Å². The third-order valence-electron chi connectivity index (χ3n) is 2.53. The Balaban J connectivity index is 3.88. The molecule has 0 aromatic heterocycles. The van der Waals surface area contributed by atoms with E-state index in [-0.39, 0.29) is 0 Å². The molecule has 0 saturated carbocycles. The van der Waals surface area contributed by atoms with Crippen LogP contribution in [0, 0.1) is 0 Å². The van der Waals surface area contributed by atoms with Gasteiger partial charge in [-0.25, -0.2) is 0 Å². The first-order valence-corrected chi connectivity index (χ1v) is 7.99. The van der Waals surface area contributed by atoms with Crippen molar-refractivity contribution in [3.63, 3.8) is 0 Å². The van der Waals surface area contributed by atoms with E-state index in [1.165, 1.54) is 29.6 Å². The number of allylic oxidation sites excluding steroid dienone is 6.